The fraction of sp³-hybridized carbons (Fsp3) is 0.167. The number of hydrogen-bond acceptors (Lipinski definition) is 3. The van der Waals surface area contributed by atoms with Crippen molar-refractivity contribution in [3.8, 4) is 17.3 Å². The van der Waals surface area contributed by atoms with Gasteiger partial charge in [-0.15, -0.1) is 0 Å². The van der Waals surface area contributed by atoms with Gasteiger partial charge in [-0.2, -0.15) is 5.26 Å². The molecule has 0 spiro atoms. The summed E-state index contributed by atoms with van der Waals surface area (Å²) in [5.74, 6) is 0.316. The van der Waals surface area contributed by atoms with Gasteiger partial charge >= 0.3 is 0 Å². The quantitative estimate of drug-likeness (QED) is 0.764. The van der Waals surface area contributed by atoms with Crippen LogP contribution in [-0.4, -0.2) is 8.96 Å². The first kappa shape index (κ1) is 10.8. The van der Waals surface area contributed by atoms with Crippen LogP contribution >= 0.6 is 12.8 Å². The van der Waals surface area contributed by atoms with Crippen molar-refractivity contribution in [1.82, 2.24) is 8.96 Å². The third kappa shape index (κ3) is 1.70. The first-order valence-electron chi connectivity index (χ1n) is 4.89. The maximum Gasteiger partial charge on any atom is 0.223 e. The molecule has 0 aliphatic heterocycles. The summed E-state index contributed by atoms with van der Waals surface area (Å²) >= 11 is 4.28. The zero-order valence-electron chi connectivity index (χ0n) is 9.10. The molecular weight excluding hydrogens is 218 g/mol. The molecule has 2 rings (SSSR count). The lowest BCUT2D eigenvalue weighted by Crippen LogP contribution is -1.89. The molecule has 0 amide bonds. The summed E-state index contributed by atoms with van der Waals surface area (Å²) in [4.78, 5) is 4.15. The number of nitriles is 1. The van der Waals surface area contributed by atoms with Crippen LogP contribution in [0.5, 0.6) is 0 Å². The lowest BCUT2D eigenvalue weighted by atomic mass is 10.1. The van der Waals surface area contributed by atoms with Crippen molar-refractivity contribution >= 4 is 12.8 Å². The average Bonchev–Trinajstić information content (AvgIpc) is 2.56. The number of hydrogen-bond donors (Lipinski definition) is 1. The molecule has 0 fully saturated rings. The van der Waals surface area contributed by atoms with Crippen LogP contribution in [0, 0.1) is 25.2 Å². The van der Waals surface area contributed by atoms with Crippen LogP contribution < -0.4 is 0 Å². The first-order chi connectivity index (χ1) is 7.63. The van der Waals surface area contributed by atoms with E-state index in [1.54, 1.807) is 0 Å². The summed E-state index contributed by atoms with van der Waals surface area (Å²) in [5.41, 5.74) is 3.91. The van der Waals surface area contributed by atoms with Crippen molar-refractivity contribution in [2.75, 3.05) is 0 Å². The predicted molar refractivity (Wildman–Crippen MR) is 66.2 cm³/mol. The van der Waals surface area contributed by atoms with E-state index in [-0.39, 0.29) is 0 Å². The molecule has 0 bridgehead atoms. The van der Waals surface area contributed by atoms with Crippen LogP contribution in [0.2, 0.25) is 0 Å². The summed E-state index contributed by atoms with van der Waals surface area (Å²) in [6.07, 6.45) is 0. The summed E-state index contributed by atoms with van der Waals surface area (Å²) < 4.78 is 1.53. The monoisotopic (exact) mass is 229 g/mol. The van der Waals surface area contributed by atoms with Crippen molar-refractivity contribution in [3.63, 3.8) is 0 Å². The third-order valence-electron chi connectivity index (χ3n) is 2.45. The van der Waals surface area contributed by atoms with E-state index in [0.717, 1.165) is 17.0 Å². The topological polar surface area (TPSA) is 41.6 Å². The number of aryl methyl sites for hydroxylation is 2. The molecule has 4 heteroatoms. The molecule has 1 heterocycles. The van der Waals surface area contributed by atoms with Crippen molar-refractivity contribution in [3.05, 3.63) is 41.3 Å². The van der Waals surface area contributed by atoms with Crippen LogP contribution in [0.25, 0.3) is 11.3 Å². The second kappa shape index (κ2) is 4.03. The highest BCUT2D eigenvalue weighted by Crippen LogP contribution is 2.25. The van der Waals surface area contributed by atoms with Gasteiger partial charge in [0.05, 0.1) is 11.4 Å². The van der Waals surface area contributed by atoms with Gasteiger partial charge in [-0.1, -0.05) is 42.6 Å². The highest BCUT2D eigenvalue weighted by Gasteiger charge is 2.13. The maximum atomic E-state index is 8.87. The van der Waals surface area contributed by atoms with Crippen molar-refractivity contribution in [1.29, 1.82) is 5.26 Å². The number of imidazole rings is 1. The molecule has 0 radical (unpaired) electrons. The van der Waals surface area contributed by atoms with Crippen molar-refractivity contribution < 1.29 is 0 Å². The molecule has 3 nitrogen and oxygen atoms in total. The molecule has 0 unspecified atom stereocenters. The Balaban J connectivity index is 2.61. The standard InChI is InChI=1S/C12H11N3S/c1-8-3-5-10(6-4-8)12-9(2)14-11(7-13)15(12)16/h3-6,16H,1-2H3. The van der Waals surface area contributed by atoms with Gasteiger partial charge in [-0.05, 0) is 13.8 Å². The zero-order chi connectivity index (χ0) is 11.7. The van der Waals surface area contributed by atoms with Gasteiger partial charge in [-0.3, -0.25) is 3.97 Å². The van der Waals surface area contributed by atoms with Gasteiger partial charge < -0.3 is 0 Å². The van der Waals surface area contributed by atoms with E-state index in [1.165, 1.54) is 9.54 Å². The van der Waals surface area contributed by atoms with Gasteiger partial charge in [0.1, 0.15) is 6.07 Å². The van der Waals surface area contributed by atoms with Crippen LogP contribution in [0.15, 0.2) is 24.3 Å². The number of thiol groups is 1. The lowest BCUT2D eigenvalue weighted by molar-refractivity contribution is 1.16. The lowest BCUT2D eigenvalue weighted by Gasteiger charge is -2.03. The van der Waals surface area contributed by atoms with Gasteiger partial charge in [0.2, 0.25) is 5.82 Å². The van der Waals surface area contributed by atoms with E-state index >= 15 is 0 Å². The Labute approximate surface area is 99.9 Å². The SMILES string of the molecule is Cc1ccc(-c2c(C)nc(C#N)n2S)cc1. The van der Waals surface area contributed by atoms with Gasteiger partial charge in [0, 0.05) is 5.56 Å². The van der Waals surface area contributed by atoms with E-state index in [2.05, 4.69) is 17.8 Å². The normalized spacial score (nSPS) is 10.1. The van der Waals surface area contributed by atoms with E-state index in [4.69, 9.17) is 5.26 Å². The van der Waals surface area contributed by atoms with Crippen molar-refractivity contribution in [2.45, 2.75) is 13.8 Å². The Morgan fingerprint density at radius 2 is 1.88 bits per heavy atom. The van der Waals surface area contributed by atoms with Crippen LogP contribution in [0.4, 0.5) is 0 Å². The Bertz CT molecular complexity index is 561. The maximum absolute atomic E-state index is 8.87. The summed E-state index contributed by atoms with van der Waals surface area (Å²) in [6.45, 7) is 3.91. The van der Waals surface area contributed by atoms with Crippen LogP contribution in [0.3, 0.4) is 0 Å². The van der Waals surface area contributed by atoms with Gasteiger partial charge in [0.25, 0.3) is 0 Å². The molecule has 1 aromatic heterocycles. The molecular formula is C12H11N3S. The minimum atomic E-state index is 0.316. The Kier molecular flexibility index (Phi) is 2.71. The Hall–Kier alpha value is -1.73. The third-order valence-corrected chi connectivity index (χ3v) is 2.84. The largest absolute Gasteiger partial charge is 0.260 e. The summed E-state index contributed by atoms with van der Waals surface area (Å²) in [7, 11) is 0. The fourth-order valence-corrected chi connectivity index (χ4v) is 1.98. The molecule has 80 valence electrons. The minimum absolute atomic E-state index is 0.316. The number of rotatable bonds is 1. The number of benzene rings is 1. The van der Waals surface area contributed by atoms with E-state index in [9.17, 15) is 0 Å². The van der Waals surface area contributed by atoms with Crippen LogP contribution in [-0.2, 0) is 0 Å². The summed E-state index contributed by atoms with van der Waals surface area (Å²) in [5, 5.41) is 8.87. The molecule has 0 aliphatic carbocycles. The Morgan fingerprint density at radius 3 is 2.38 bits per heavy atom. The van der Waals surface area contributed by atoms with E-state index < -0.39 is 0 Å². The van der Waals surface area contributed by atoms with Crippen LogP contribution in [0.1, 0.15) is 17.1 Å². The molecule has 0 saturated heterocycles. The minimum Gasteiger partial charge on any atom is -0.260 e. The Morgan fingerprint density at radius 1 is 1.25 bits per heavy atom. The second-order valence-corrected chi connectivity index (χ2v) is 4.06. The first-order valence-corrected chi connectivity index (χ1v) is 5.29. The molecule has 16 heavy (non-hydrogen) atoms. The molecule has 1 aromatic carbocycles. The smallest absolute Gasteiger partial charge is 0.223 e. The summed E-state index contributed by atoms with van der Waals surface area (Å²) in [6, 6.07) is 10.1. The number of aromatic nitrogens is 2. The highest BCUT2D eigenvalue weighted by molar-refractivity contribution is 7.78. The fourth-order valence-electron chi connectivity index (χ4n) is 1.63. The van der Waals surface area contributed by atoms with Gasteiger partial charge in [0.15, 0.2) is 0 Å². The second-order valence-electron chi connectivity index (χ2n) is 3.66. The molecule has 2 aromatic rings. The molecule has 0 aliphatic rings. The molecule has 0 atom stereocenters. The van der Waals surface area contributed by atoms with E-state index in [1.807, 2.05) is 44.2 Å². The zero-order valence-corrected chi connectivity index (χ0v) is 9.99. The molecule has 0 N–H and O–H groups in total. The molecule has 0 saturated carbocycles. The van der Waals surface area contributed by atoms with Crippen molar-refractivity contribution in [2.24, 2.45) is 0 Å². The predicted octanol–water partition coefficient (Wildman–Crippen LogP) is 2.73. The number of nitrogens with zero attached hydrogens (tertiary/aromatic N) is 3. The average molecular weight is 229 g/mol. The van der Waals surface area contributed by atoms with E-state index in [0.29, 0.717) is 5.82 Å². The van der Waals surface area contributed by atoms with Gasteiger partial charge in [-0.25, -0.2) is 4.98 Å². The highest BCUT2D eigenvalue weighted by atomic mass is 32.1.